The average Bonchev–Trinajstić information content (AvgIpc) is 2.89. The highest BCUT2D eigenvalue weighted by Crippen LogP contribution is 2.39. The summed E-state index contributed by atoms with van der Waals surface area (Å²) in [6.45, 7) is 4.44. The quantitative estimate of drug-likeness (QED) is 0.910. The Balaban J connectivity index is 2.01. The van der Waals surface area contributed by atoms with E-state index < -0.39 is 0 Å². The number of anilines is 1. The number of hydrogen-bond acceptors (Lipinski definition) is 4. The van der Waals surface area contributed by atoms with Gasteiger partial charge in [0.25, 0.3) is 0 Å². The molecule has 96 valence electrons. The molecule has 18 heavy (non-hydrogen) atoms. The molecule has 0 aromatic carbocycles. The molecule has 0 radical (unpaired) electrons. The van der Waals surface area contributed by atoms with Gasteiger partial charge in [0.05, 0.1) is 5.39 Å². The Hall–Kier alpha value is -1.16. The fourth-order valence-corrected chi connectivity index (χ4v) is 4.01. The van der Waals surface area contributed by atoms with Crippen molar-refractivity contribution in [3.05, 3.63) is 16.8 Å². The Morgan fingerprint density at radius 3 is 3.11 bits per heavy atom. The largest absolute Gasteiger partial charge is 0.367 e. The molecule has 0 unspecified atom stereocenters. The number of hydrogen-bond donors (Lipinski definition) is 1. The van der Waals surface area contributed by atoms with Gasteiger partial charge in [-0.15, -0.1) is 11.3 Å². The van der Waals surface area contributed by atoms with Gasteiger partial charge in [0.2, 0.25) is 0 Å². The van der Waals surface area contributed by atoms with Gasteiger partial charge in [-0.05, 0) is 38.2 Å². The van der Waals surface area contributed by atoms with Crippen molar-refractivity contribution in [1.29, 1.82) is 0 Å². The SMILES string of the molecule is CCC[C@H](C)Nc1ncnc2sc3c(c12)CCC3. The van der Waals surface area contributed by atoms with E-state index in [2.05, 4.69) is 29.1 Å². The summed E-state index contributed by atoms with van der Waals surface area (Å²) in [6, 6.07) is 0.477. The molecule has 0 aliphatic heterocycles. The van der Waals surface area contributed by atoms with E-state index in [0.29, 0.717) is 6.04 Å². The number of nitrogens with zero attached hydrogens (tertiary/aromatic N) is 2. The summed E-state index contributed by atoms with van der Waals surface area (Å²) < 4.78 is 0. The van der Waals surface area contributed by atoms with E-state index in [1.165, 1.54) is 47.9 Å². The molecule has 4 heteroatoms. The molecule has 1 N–H and O–H groups in total. The van der Waals surface area contributed by atoms with Crippen LogP contribution in [0.3, 0.4) is 0 Å². The third-order valence-electron chi connectivity index (χ3n) is 3.61. The summed E-state index contributed by atoms with van der Waals surface area (Å²) in [5, 5.41) is 4.85. The highest BCUT2D eigenvalue weighted by Gasteiger charge is 2.21. The molecule has 2 aromatic heterocycles. The van der Waals surface area contributed by atoms with Gasteiger partial charge < -0.3 is 5.32 Å². The van der Waals surface area contributed by atoms with Gasteiger partial charge >= 0.3 is 0 Å². The maximum atomic E-state index is 4.46. The van der Waals surface area contributed by atoms with Crippen LogP contribution < -0.4 is 5.32 Å². The van der Waals surface area contributed by atoms with Crippen LogP contribution in [0.2, 0.25) is 0 Å². The van der Waals surface area contributed by atoms with Crippen molar-refractivity contribution in [3.63, 3.8) is 0 Å². The fourth-order valence-electron chi connectivity index (χ4n) is 2.78. The second kappa shape index (κ2) is 4.84. The van der Waals surface area contributed by atoms with Crippen LogP contribution in [0, 0.1) is 0 Å². The lowest BCUT2D eigenvalue weighted by molar-refractivity contribution is 0.688. The van der Waals surface area contributed by atoms with Crippen molar-refractivity contribution in [3.8, 4) is 0 Å². The Labute approximate surface area is 112 Å². The van der Waals surface area contributed by atoms with Crippen LogP contribution in [0.5, 0.6) is 0 Å². The predicted octanol–water partition coefficient (Wildman–Crippen LogP) is 3.78. The molecule has 0 amide bonds. The monoisotopic (exact) mass is 261 g/mol. The lowest BCUT2D eigenvalue weighted by atomic mass is 10.1. The first-order valence-electron chi connectivity index (χ1n) is 6.81. The van der Waals surface area contributed by atoms with Crippen LogP contribution in [0.1, 0.15) is 43.6 Å². The summed E-state index contributed by atoms with van der Waals surface area (Å²) in [6.07, 6.45) is 7.77. The van der Waals surface area contributed by atoms with Crippen LogP contribution in [-0.2, 0) is 12.8 Å². The molecule has 2 heterocycles. The number of thiophene rings is 1. The lowest BCUT2D eigenvalue weighted by Gasteiger charge is -2.14. The molecule has 2 aromatic rings. The maximum Gasteiger partial charge on any atom is 0.138 e. The van der Waals surface area contributed by atoms with Crippen LogP contribution >= 0.6 is 11.3 Å². The minimum absolute atomic E-state index is 0.477. The molecule has 0 bridgehead atoms. The summed E-state index contributed by atoms with van der Waals surface area (Å²) in [7, 11) is 0. The van der Waals surface area contributed by atoms with E-state index in [4.69, 9.17) is 0 Å². The fraction of sp³-hybridized carbons (Fsp3) is 0.571. The van der Waals surface area contributed by atoms with Crippen molar-refractivity contribution in [2.75, 3.05) is 5.32 Å². The minimum atomic E-state index is 0.477. The number of aryl methyl sites for hydroxylation is 2. The Morgan fingerprint density at radius 1 is 1.39 bits per heavy atom. The highest BCUT2D eigenvalue weighted by atomic mass is 32.1. The Kier molecular flexibility index (Phi) is 3.20. The number of fused-ring (bicyclic) bond motifs is 3. The van der Waals surface area contributed by atoms with Crippen molar-refractivity contribution >= 4 is 27.4 Å². The van der Waals surface area contributed by atoms with Gasteiger partial charge in [-0.3, -0.25) is 0 Å². The van der Waals surface area contributed by atoms with E-state index in [-0.39, 0.29) is 0 Å². The normalized spacial score (nSPS) is 15.9. The van der Waals surface area contributed by atoms with Crippen molar-refractivity contribution < 1.29 is 0 Å². The van der Waals surface area contributed by atoms with Crippen molar-refractivity contribution in [1.82, 2.24) is 9.97 Å². The topological polar surface area (TPSA) is 37.8 Å². The molecule has 1 aliphatic carbocycles. The molecule has 3 rings (SSSR count). The van der Waals surface area contributed by atoms with Crippen molar-refractivity contribution in [2.45, 2.75) is 52.0 Å². The van der Waals surface area contributed by atoms with Crippen LogP contribution in [-0.4, -0.2) is 16.0 Å². The molecule has 0 saturated carbocycles. The van der Waals surface area contributed by atoms with Gasteiger partial charge in [-0.1, -0.05) is 13.3 Å². The first kappa shape index (κ1) is 11.9. The maximum absolute atomic E-state index is 4.46. The van der Waals surface area contributed by atoms with E-state index in [0.717, 1.165) is 10.6 Å². The number of nitrogens with one attached hydrogen (secondary N) is 1. The van der Waals surface area contributed by atoms with Gasteiger partial charge in [-0.25, -0.2) is 9.97 Å². The molecule has 0 spiro atoms. The highest BCUT2D eigenvalue weighted by molar-refractivity contribution is 7.19. The molecular weight excluding hydrogens is 242 g/mol. The second-order valence-corrected chi connectivity index (χ2v) is 6.18. The third kappa shape index (κ3) is 1.99. The van der Waals surface area contributed by atoms with Gasteiger partial charge in [0.15, 0.2) is 0 Å². The summed E-state index contributed by atoms with van der Waals surface area (Å²) >= 11 is 1.85. The van der Waals surface area contributed by atoms with Crippen LogP contribution in [0.15, 0.2) is 6.33 Å². The molecule has 0 saturated heterocycles. The number of aromatic nitrogens is 2. The van der Waals surface area contributed by atoms with Gasteiger partial charge in [-0.2, -0.15) is 0 Å². The first-order chi connectivity index (χ1) is 8.79. The van der Waals surface area contributed by atoms with Crippen molar-refractivity contribution in [2.24, 2.45) is 0 Å². The molecule has 0 fully saturated rings. The second-order valence-electron chi connectivity index (χ2n) is 5.09. The zero-order valence-corrected chi connectivity index (χ0v) is 11.8. The van der Waals surface area contributed by atoms with Crippen LogP contribution in [0.25, 0.3) is 10.2 Å². The van der Waals surface area contributed by atoms with E-state index in [9.17, 15) is 0 Å². The summed E-state index contributed by atoms with van der Waals surface area (Å²) in [4.78, 5) is 11.6. The average molecular weight is 261 g/mol. The van der Waals surface area contributed by atoms with Gasteiger partial charge in [0.1, 0.15) is 17.0 Å². The Morgan fingerprint density at radius 2 is 2.28 bits per heavy atom. The molecule has 1 aliphatic rings. The van der Waals surface area contributed by atoms with E-state index >= 15 is 0 Å². The Bertz CT molecular complexity index is 561. The third-order valence-corrected chi connectivity index (χ3v) is 4.81. The first-order valence-corrected chi connectivity index (χ1v) is 7.63. The lowest BCUT2D eigenvalue weighted by Crippen LogP contribution is -2.15. The van der Waals surface area contributed by atoms with Crippen LogP contribution in [0.4, 0.5) is 5.82 Å². The number of rotatable bonds is 4. The molecular formula is C14H19N3S. The zero-order valence-electron chi connectivity index (χ0n) is 11.0. The molecule has 3 nitrogen and oxygen atoms in total. The molecule has 1 atom stereocenters. The van der Waals surface area contributed by atoms with E-state index in [1.54, 1.807) is 6.33 Å². The summed E-state index contributed by atoms with van der Waals surface area (Å²) in [5.74, 6) is 1.04. The summed E-state index contributed by atoms with van der Waals surface area (Å²) in [5.41, 5.74) is 1.50. The minimum Gasteiger partial charge on any atom is -0.367 e. The predicted molar refractivity (Wildman–Crippen MR) is 77.4 cm³/mol. The smallest absolute Gasteiger partial charge is 0.138 e. The standard InChI is InChI=1S/C14H19N3S/c1-3-5-9(2)17-13-12-10-6-4-7-11(10)18-14(12)16-8-15-13/h8-9H,3-7H2,1-2H3,(H,15,16,17)/t9-/m0/s1. The van der Waals surface area contributed by atoms with Gasteiger partial charge in [0, 0.05) is 10.9 Å². The van der Waals surface area contributed by atoms with E-state index in [1.807, 2.05) is 11.3 Å². The zero-order chi connectivity index (χ0) is 12.5.